The number of fused-ring (bicyclic) bond motifs is 2. The van der Waals surface area contributed by atoms with Crippen molar-refractivity contribution in [1.82, 2.24) is 4.98 Å². The van der Waals surface area contributed by atoms with Gasteiger partial charge in [-0.25, -0.2) is 0 Å². The summed E-state index contributed by atoms with van der Waals surface area (Å²) in [6.07, 6.45) is 3.54. The van der Waals surface area contributed by atoms with E-state index in [9.17, 15) is 0 Å². The van der Waals surface area contributed by atoms with Crippen molar-refractivity contribution in [2.45, 2.75) is 39.0 Å². The fourth-order valence-corrected chi connectivity index (χ4v) is 2.92. The summed E-state index contributed by atoms with van der Waals surface area (Å²) < 4.78 is 0. The largest absolute Gasteiger partial charge is 0.387 e. The fourth-order valence-electron chi connectivity index (χ4n) is 2.92. The molecule has 1 aromatic heterocycles. The lowest BCUT2D eigenvalue weighted by atomic mass is 9.99. The summed E-state index contributed by atoms with van der Waals surface area (Å²) >= 11 is 0. The molecular formula is C16H20N2. The van der Waals surface area contributed by atoms with Crippen molar-refractivity contribution in [3.63, 3.8) is 0 Å². The van der Waals surface area contributed by atoms with Crippen LogP contribution in [0, 0.1) is 0 Å². The quantitative estimate of drug-likeness (QED) is 0.861. The molecule has 0 bridgehead atoms. The molecule has 3 rings (SSSR count). The molecular weight excluding hydrogens is 220 g/mol. The topological polar surface area (TPSA) is 24.9 Å². The first-order valence-electron chi connectivity index (χ1n) is 6.84. The number of nitrogens with zero attached hydrogens (tertiary/aromatic N) is 1. The third-order valence-electron chi connectivity index (χ3n) is 3.95. The average Bonchev–Trinajstić information content (AvgIpc) is 2.82. The lowest BCUT2D eigenvalue weighted by Gasteiger charge is -2.14. The van der Waals surface area contributed by atoms with E-state index >= 15 is 0 Å². The van der Waals surface area contributed by atoms with Crippen molar-refractivity contribution < 1.29 is 0 Å². The maximum absolute atomic E-state index is 4.82. The van der Waals surface area contributed by atoms with E-state index in [0.717, 1.165) is 11.9 Å². The monoisotopic (exact) mass is 240 g/mol. The molecule has 1 aromatic carbocycles. The minimum absolute atomic E-state index is 0.562. The van der Waals surface area contributed by atoms with Crippen LogP contribution in [0.25, 0.3) is 10.9 Å². The number of aromatic nitrogens is 1. The van der Waals surface area contributed by atoms with Crippen LogP contribution in [-0.2, 0) is 12.8 Å². The summed E-state index contributed by atoms with van der Waals surface area (Å²) in [5, 5.41) is 4.68. The third kappa shape index (κ3) is 1.67. The van der Waals surface area contributed by atoms with E-state index < -0.39 is 0 Å². The molecule has 0 atom stereocenters. The van der Waals surface area contributed by atoms with E-state index in [1.165, 1.54) is 40.7 Å². The molecule has 0 unspecified atom stereocenters. The fraction of sp³-hybridized carbons (Fsp3) is 0.438. The van der Waals surface area contributed by atoms with E-state index in [4.69, 9.17) is 4.98 Å². The average molecular weight is 240 g/mol. The van der Waals surface area contributed by atoms with Gasteiger partial charge in [0.25, 0.3) is 0 Å². The molecule has 1 N–H and O–H groups in total. The second-order valence-corrected chi connectivity index (χ2v) is 5.45. The van der Waals surface area contributed by atoms with E-state index in [-0.39, 0.29) is 0 Å². The van der Waals surface area contributed by atoms with Gasteiger partial charge in [-0.15, -0.1) is 0 Å². The summed E-state index contributed by atoms with van der Waals surface area (Å²) in [4.78, 5) is 4.82. The molecule has 1 heterocycles. The zero-order valence-electron chi connectivity index (χ0n) is 11.4. The molecule has 0 aliphatic heterocycles. The normalized spacial score (nSPS) is 14.2. The van der Waals surface area contributed by atoms with Crippen molar-refractivity contribution >= 4 is 16.6 Å². The molecule has 0 radical (unpaired) electrons. The highest BCUT2D eigenvalue weighted by atomic mass is 14.9. The van der Waals surface area contributed by atoms with Gasteiger partial charge in [-0.2, -0.15) is 0 Å². The summed E-state index contributed by atoms with van der Waals surface area (Å²) in [7, 11) is 2.02. The second-order valence-electron chi connectivity index (χ2n) is 5.45. The number of anilines is 1. The van der Waals surface area contributed by atoms with Crippen LogP contribution in [0.4, 0.5) is 5.69 Å². The molecule has 2 heteroatoms. The zero-order valence-corrected chi connectivity index (χ0v) is 11.4. The minimum Gasteiger partial charge on any atom is -0.387 e. The van der Waals surface area contributed by atoms with Crippen LogP contribution in [0.1, 0.15) is 43.0 Å². The minimum atomic E-state index is 0.562. The van der Waals surface area contributed by atoms with Crippen LogP contribution in [0.3, 0.4) is 0 Å². The predicted octanol–water partition coefficient (Wildman–Crippen LogP) is 3.89. The Morgan fingerprint density at radius 3 is 2.78 bits per heavy atom. The number of pyridine rings is 1. The lowest BCUT2D eigenvalue weighted by Crippen LogP contribution is -2.00. The Kier molecular flexibility index (Phi) is 2.73. The molecule has 0 amide bonds. The van der Waals surface area contributed by atoms with Gasteiger partial charge in [-0.05, 0) is 48.4 Å². The van der Waals surface area contributed by atoms with E-state index in [2.05, 4.69) is 37.4 Å². The number of nitrogens with one attached hydrogen (secondary N) is 1. The molecule has 2 aromatic rings. The van der Waals surface area contributed by atoms with Gasteiger partial charge in [0.15, 0.2) is 0 Å². The summed E-state index contributed by atoms with van der Waals surface area (Å²) in [5.41, 5.74) is 6.55. The summed E-state index contributed by atoms with van der Waals surface area (Å²) in [6.45, 7) is 4.47. The van der Waals surface area contributed by atoms with E-state index in [1.807, 2.05) is 7.05 Å². The van der Waals surface area contributed by atoms with Crippen molar-refractivity contribution in [2.75, 3.05) is 12.4 Å². The molecule has 2 nitrogen and oxygen atoms in total. The lowest BCUT2D eigenvalue weighted by molar-refractivity contribution is 0.868. The smallest absolute Gasteiger partial charge is 0.0726 e. The molecule has 1 aliphatic rings. The van der Waals surface area contributed by atoms with Crippen molar-refractivity contribution in [1.29, 1.82) is 0 Å². The highest BCUT2D eigenvalue weighted by Gasteiger charge is 2.19. The Morgan fingerprint density at radius 2 is 2.06 bits per heavy atom. The Bertz CT molecular complexity index is 600. The third-order valence-corrected chi connectivity index (χ3v) is 3.95. The number of benzene rings is 1. The van der Waals surface area contributed by atoms with E-state index in [0.29, 0.717) is 5.92 Å². The zero-order chi connectivity index (χ0) is 12.7. The van der Waals surface area contributed by atoms with Gasteiger partial charge in [0.1, 0.15) is 0 Å². The van der Waals surface area contributed by atoms with Crippen LogP contribution >= 0.6 is 0 Å². The maximum atomic E-state index is 4.82. The molecule has 0 saturated carbocycles. The molecule has 0 saturated heterocycles. The molecule has 1 aliphatic carbocycles. The standard InChI is InChI=1S/C16H20N2/c1-10(2)11-7-8-15-13(9-11)16(17-3)12-5-4-6-14(12)18-15/h7-10H,4-6H2,1-3H3,(H,17,18). The number of aryl methyl sites for hydroxylation is 1. The van der Waals surface area contributed by atoms with Crippen molar-refractivity contribution in [3.05, 3.63) is 35.0 Å². The van der Waals surface area contributed by atoms with Gasteiger partial charge < -0.3 is 5.32 Å². The molecule has 0 spiro atoms. The first kappa shape index (κ1) is 11.5. The molecule has 0 fully saturated rings. The van der Waals surface area contributed by atoms with Gasteiger partial charge in [0.05, 0.1) is 5.52 Å². The Hall–Kier alpha value is -1.57. The Labute approximate surface area is 108 Å². The van der Waals surface area contributed by atoms with Gasteiger partial charge in [0, 0.05) is 23.8 Å². The number of hydrogen-bond donors (Lipinski definition) is 1. The van der Waals surface area contributed by atoms with Crippen LogP contribution in [0.5, 0.6) is 0 Å². The Morgan fingerprint density at radius 1 is 1.22 bits per heavy atom. The SMILES string of the molecule is CNc1c2c(nc3ccc(C(C)C)cc13)CCC2. The van der Waals surface area contributed by atoms with E-state index in [1.54, 1.807) is 0 Å². The van der Waals surface area contributed by atoms with Gasteiger partial charge >= 0.3 is 0 Å². The van der Waals surface area contributed by atoms with Crippen LogP contribution in [-0.4, -0.2) is 12.0 Å². The van der Waals surface area contributed by atoms with Crippen LogP contribution in [0.2, 0.25) is 0 Å². The van der Waals surface area contributed by atoms with Crippen molar-refractivity contribution in [3.8, 4) is 0 Å². The second kappa shape index (κ2) is 4.27. The first-order valence-corrected chi connectivity index (χ1v) is 6.84. The summed E-state index contributed by atoms with van der Waals surface area (Å²) in [6, 6.07) is 6.68. The number of rotatable bonds is 2. The highest BCUT2D eigenvalue weighted by molar-refractivity contribution is 5.94. The molecule has 18 heavy (non-hydrogen) atoms. The van der Waals surface area contributed by atoms with Crippen LogP contribution < -0.4 is 5.32 Å². The van der Waals surface area contributed by atoms with Crippen molar-refractivity contribution in [2.24, 2.45) is 0 Å². The Balaban J connectivity index is 2.30. The summed E-state index contributed by atoms with van der Waals surface area (Å²) in [5.74, 6) is 0.562. The van der Waals surface area contributed by atoms with Gasteiger partial charge in [-0.1, -0.05) is 19.9 Å². The number of hydrogen-bond acceptors (Lipinski definition) is 2. The highest BCUT2D eigenvalue weighted by Crippen LogP contribution is 2.34. The first-order chi connectivity index (χ1) is 8.70. The molecule has 94 valence electrons. The predicted molar refractivity (Wildman–Crippen MR) is 77.4 cm³/mol. The van der Waals surface area contributed by atoms with Crippen LogP contribution in [0.15, 0.2) is 18.2 Å². The van der Waals surface area contributed by atoms with Gasteiger partial charge in [-0.3, -0.25) is 4.98 Å². The van der Waals surface area contributed by atoms with Gasteiger partial charge in [0.2, 0.25) is 0 Å². The maximum Gasteiger partial charge on any atom is 0.0726 e.